The number of aliphatic hydroxyl groups is 2. The number of ether oxygens (including phenoxy) is 2. The molecule has 228 valence electrons. The number of carboxylic acid groups (broad SMARTS) is 1. The van der Waals surface area contributed by atoms with Crippen LogP contribution in [0, 0.1) is 11.7 Å². The van der Waals surface area contributed by atoms with Crippen molar-refractivity contribution in [1.29, 1.82) is 0 Å². The number of aliphatic carboxylic acids is 1. The fourth-order valence-corrected chi connectivity index (χ4v) is 4.08. The zero-order chi connectivity index (χ0) is 28.9. The van der Waals surface area contributed by atoms with Crippen molar-refractivity contribution in [2.24, 2.45) is 11.7 Å². The summed E-state index contributed by atoms with van der Waals surface area (Å²) in [4.78, 5) is 40.3. The van der Waals surface area contributed by atoms with E-state index in [1.165, 1.54) is 28.0 Å². The molecule has 1 heterocycles. The van der Waals surface area contributed by atoms with Gasteiger partial charge in [-0.1, -0.05) is 26.0 Å². The summed E-state index contributed by atoms with van der Waals surface area (Å²) >= 11 is 0. The molecular formula is C27H43ClFN3O8. The Morgan fingerprint density at radius 1 is 1.12 bits per heavy atom. The molecule has 0 aliphatic carbocycles. The number of nitrogens with two attached hydrogens (primary N) is 1. The first-order valence-corrected chi connectivity index (χ1v) is 13.4. The van der Waals surface area contributed by atoms with E-state index in [0.717, 1.165) is 6.07 Å². The van der Waals surface area contributed by atoms with Crippen molar-refractivity contribution in [3.05, 3.63) is 35.6 Å². The summed E-state index contributed by atoms with van der Waals surface area (Å²) in [5.41, 5.74) is 5.38. The van der Waals surface area contributed by atoms with Crippen LogP contribution in [0.15, 0.2) is 24.3 Å². The molecule has 0 bridgehead atoms. The first kappa shape index (κ1) is 35.7. The van der Waals surface area contributed by atoms with E-state index in [-0.39, 0.29) is 64.0 Å². The second-order valence-corrected chi connectivity index (χ2v) is 10.2. The van der Waals surface area contributed by atoms with Crippen LogP contribution in [0.25, 0.3) is 0 Å². The Bertz CT molecular complexity index is 941. The van der Waals surface area contributed by atoms with Gasteiger partial charge in [-0.2, -0.15) is 0 Å². The van der Waals surface area contributed by atoms with E-state index in [4.69, 9.17) is 20.3 Å². The molecule has 1 aliphatic rings. The summed E-state index contributed by atoms with van der Waals surface area (Å²) in [5.74, 6) is -2.89. The summed E-state index contributed by atoms with van der Waals surface area (Å²) in [6.45, 7) is 4.41. The third kappa shape index (κ3) is 11.6. The minimum absolute atomic E-state index is 0. The zero-order valence-electron chi connectivity index (χ0n) is 23.1. The molecule has 1 fully saturated rings. The number of rotatable bonds is 8. The fourth-order valence-electron chi connectivity index (χ4n) is 4.08. The van der Waals surface area contributed by atoms with Crippen LogP contribution in [0.1, 0.15) is 49.9 Å². The molecule has 40 heavy (non-hydrogen) atoms. The van der Waals surface area contributed by atoms with Crippen LogP contribution in [-0.2, 0) is 19.1 Å². The molecule has 13 heteroatoms. The van der Waals surface area contributed by atoms with E-state index in [1.54, 1.807) is 0 Å². The summed E-state index contributed by atoms with van der Waals surface area (Å²) in [6, 6.07) is 4.11. The molecule has 1 saturated heterocycles. The molecule has 0 saturated carbocycles. The molecule has 1 aromatic carbocycles. The van der Waals surface area contributed by atoms with Crippen LogP contribution in [0.5, 0.6) is 0 Å². The van der Waals surface area contributed by atoms with Gasteiger partial charge in [0.1, 0.15) is 30.2 Å². The van der Waals surface area contributed by atoms with E-state index in [0.29, 0.717) is 25.2 Å². The Morgan fingerprint density at radius 2 is 1.80 bits per heavy atom. The summed E-state index contributed by atoms with van der Waals surface area (Å²) < 4.78 is 26.0. The fraction of sp³-hybridized carbons (Fsp3) is 0.667. The summed E-state index contributed by atoms with van der Waals surface area (Å²) in [5, 5.41) is 30.6. The highest BCUT2D eigenvalue weighted by atomic mass is 35.5. The number of carboxylic acids is 1. The molecule has 1 aromatic rings. The maximum Gasteiger partial charge on any atom is 0.321 e. The topological polar surface area (TPSA) is 163 Å². The highest BCUT2D eigenvalue weighted by molar-refractivity contribution is 5.94. The lowest BCUT2D eigenvalue weighted by atomic mass is 10.1. The van der Waals surface area contributed by atoms with Gasteiger partial charge in [-0.25, -0.2) is 4.39 Å². The molecule has 2 rings (SSSR count). The van der Waals surface area contributed by atoms with Gasteiger partial charge in [0.15, 0.2) is 0 Å². The first-order valence-electron chi connectivity index (χ1n) is 13.4. The monoisotopic (exact) mass is 591 g/mol. The van der Waals surface area contributed by atoms with Crippen molar-refractivity contribution < 1.29 is 43.6 Å². The van der Waals surface area contributed by atoms with Crippen LogP contribution < -0.4 is 5.73 Å². The minimum Gasteiger partial charge on any atom is -0.480 e. The normalized spacial score (nSPS) is 22.2. The van der Waals surface area contributed by atoms with Crippen molar-refractivity contribution in [2.75, 3.05) is 46.0 Å². The molecule has 0 aromatic heterocycles. The number of benzene rings is 1. The number of hydrogen-bond acceptors (Lipinski definition) is 8. The van der Waals surface area contributed by atoms with Gasteiger partial charge in [-0.05, 0) is 37.3 Å². The lowest BCUT2D eigenvalue weighted by Crippen LogP contribution is -2.51. The molecule has 2 amide bonds. The van der Waals surface area contributed by atoms with Gasteiger partial charge in [0.05, 0.1) is 18.6 Å². The van der Waals surface area contributed by atoms with E-state index in [9.17, 15) is 29.0 Å². The highest BCUT2D eigenvalue weighted by Crippen LogP contribution is 2.16. The Kier molecular flexibility index (Phi) is 16.2. The van der Waals surface area contributed by atoms with Crippen LogP contribution in [-0.4, -0.2) is 113 Å². The SMILES string of the molecule is CC(C)CCO[C@@H]1CN(C(=O)c2ccccc2F)CCN(C(=O)C[C@H](N)C(=O)O)CCCCOC[C@@H](O)[C@H]1O.Cl. The predicted octanol–water partition coefficient (Wildman–Crippen LogP) is 1.28. The second-order valence-electron chi connectivity index (χ2n) is 10.2. The van der Waals surface area contributed by atoms with E-state index in [1.807, 2.05) is 13.8 Å². The van der Waals surface area contributed by atoms with Gasteiger partial charge in [0.2, 0.25) is 5.91 Å². The largest absolute Gasteiger partial charge is 0.480 e. The van der Waals surface area contributed by atoms with Crippen LogP contribution in [0.3, 0.4) is 0 Å². The molecule has 0 spiro atoms. The molecular weight excluding hydrogens is 549 g/mol. The minimum atomic E-state index is -1.40. The van der Waals surface area contributed by atoms with Crippen molar-refractivity contribution in [3.63, 3.8) is 0 Å². The number of carbonyl (C=O) groups excluding carboxylic acids is 2. The zero-order valence-corrected chi connectivity index (χ0v) is 23.9. The standard InChI is InChI=1S/C27H42FN3O8.ClH/c1-18(2)9-14-39-23-16-31(26(35)19-7-3-4-8-20(19)28)12-11-30(24(33)15-21(29)27(36)37)10-5-6-13-38-17-22(32)25(23)34;/h3-4,7-8,18,21-23,25,32,34H,5-6,9-17,29H2,1-2H3,(H,36,37);1H/t21-,22+,23+,25+;/m0./s1. The van der Waals surface area contributed by atoms with E-state index < -0.39 is 54.4 Å². The van der Waals surface area contributed by atoms with E-state index in [2.05, 4.69) is 0 Å². The van der Waals surface area contributed by atoms with Gasteiger partial charge >= 0.3 is 5.97 Å². The number of carbonyl (C=O) groups is 3. The van der Waals surface area contributed by atoms with Crippen molar-refractivity contribution >= 4 is 30.2 Å². The summed E-state index contributed by atoms with van der Waals surface area (Å²) in [6.07, 6.45) is -2.41. The number of aliphatic hydroxyl groups excluding tert-OH is 2. The van der Waals surface area contributed by atoms with Gasteiger partial charge in [0, 0.05) is 39.4 Å². The Morgan fingerprint density at radius 3 is 2.45 bits per heavy atom. The maximum absolute atomic E-state index is 14.6. The molecule has 0 radical (unpaired) electrons. The van der Waals surface area contributed by atoms with Crippen LogP contribution in [0.2, 0.25) is 0 Å². The third-order valence-corrected chi connectivity index (χ3v) is 6.55. The smallest absolute Gasteiger partial charge is 0.321 e. The number of nitrogens with zero attached hydrogens (tertiary/aromatic N) is 2. The van der Waals surface area contributed by atoms with Crippen molar-refractivity contribution in [3.8, 4) is 0 Å². The van der Waals surface area contributed by atoms with Crippen LogP contribution >= 0.6 is 12.4 Å². The lowest BCUT2D eigenvalue weighted by molar-refractivity contribution is -0.142. The number of halogens is 2. The number of amides is 2. The second kappa shape index (κ2) is 18.2. The van der Waals surface area contributed by atoms with E-state index >= 15 is 0 Å². The average Bonchev–Trinajstić information content (AvgIpc) is 2.88. The Balaban J connectivity index is 0.00000800. The average molecular weight is 592 g/mol. The van der Waals surface area contributed by atoms with Gasteiger partial charge < -0.3 is 40.3 Å². The van der Waals surface area contributed by atoms with Crippen molar-refractivity contribution in [2.45, 2.75) is 63.9 Å². The lowest BCUT2D eigenvalue weighted by Gasteiger charge is -2.34. The first-order chi connectivity index (χ1) is 18.5. The quantitative estimate of drug-likeness (QED) is 0.349. The third-order valence-electron chi connectivity index (χ3n) is 6.55. The van der Waals surface area contributed by atoms with Gasteiger partial charge in [-0.15, -0.1) is 12.4 Å². The molecule has 1 aliphatic heterocycles. The van der Waals surface area contributed by atoms with Crippen LogP contribution in [0.4, 0.5) is 4.39 Å². The molecule has 4 atom stereocenters. The number of hydrogen-bond donors (Lipinski definition) is 4. The van der Waals surface area contributed by atoms with Crippen molar-refractivity contribution in [1.82, 2.24) is 9.80 Å². The molecule has 11 nitrogen and oxygen atoms in total. The maximum atomic E-state index is 14.6. The van der Waals surface area contributed by atoms with Gasteiger partial charge in [-0.3, -0.25) is 14.4 Å². The predicted molar refractivity (Wildman–Crippen MR) is 148 cm³/mol. The van der Waals surface area contributed by atoms with Gasteiger partial charge in [0.25, 0.3) is 5.91 Å². The Hall–Kier alpha value is -2.35. The molecule has 0 unspecified atom stereocenters. The Labute approximate surface area is 240 Å². The molecule has 5 N–H and O–H groups in total. The summed E-state index contributed by atoms with van der Waals surface area (Å²) in [7, 11) is 0. The highest BCUT2D eigenvalue weighted by Gasteiger charge is 2.32.